The Balaban J connectivity index is 1.60. The molecule has 0 bridgehead atoms. The lowest BCUT2D eigenvalue weighted by Crippen LogP contribution is -2.45. The lowest BCUT2D eigenvalue weighted by atomic mass is 10.0. The molecule has 1 aliphatic heterocycles. The second kappa shape index (κ2) is 7.13. The van der Waals surface area contributed by atoms with E-state index in [1.54, 1.807) is 18.3 Å². The predicted octanol–water partition coefficient (Wildman–Crippen LogP) is 2.51. The zero-order valence-corrected chi connectivity index (χ0v) is 14.7. The number of rotatable bonds is 4. The topological polar surface area (TPSA) is 62.2 Å². The molecule has 7 heteroatoms. The second-order valence-corrected chi connectivity index (χ2v) is 6.42. The normalized spacial score (nSPS) is 15.4. The first-order chi connectivity index (χ1) is 11.6. The number of benzene rings is 1. The first kappa shape index (κ1) is 16.6. The molecule has 2 N–H and O–H groups in total. The van der Waals surface area contributed by atoms with Crippen LogP contribution in [0.15, 0.2) is 30.6 Å². The number of amides is 1. The van der Waals surface area contributed by atoms with Crippen molar-refractivity contribution in [3.8, 4) is 0 Å². The molecular formula is C17H22ClN5O. The van der Waals surface area contributed by atoms with E-state index < -0.39 is 0 Å². The van der Waals surface area contributed by atoms with Crippen molar-refractivity contribution in [1.29, 1.82) is 0 Å². The molecule has 128 valence electrons. The number of nitrogens with zero attached hydrogens (tertiary/aromatic N) is 3. The van der Waals surface area contributed by atoms with Crippen molar-refractivity contribution >= 4 is 29.1 Å². The SMILES string of the molecule is CNc1ccc(Cl)c(C(=O)NC2CCN(c3nccn3C)CC2)c1. The van der Waals surface area contributed by atoms with E-state index in [-0.39, 0.29) is 11.9 Å². The maximum absolute atomic E-state index is 12.5. The molecule has 2 aromatic rings. The van der Waals surface area contributed by atoms with E-state index in [0.717, 1.165) is 37.6 Å². The maximum Gasteiger partial charge on any atom is 0.253 e. The summed E-state index contributed by atoms with van der Waals surface area (Å²) < 4.78 is 2.02. The molecule has 1 fully saturated rings. The number of hydrogen-bond acceptors (Lipinski definition) is 4. The quantitative estimate of drug-likeness (QED) is 0.892. The minimum Gasteiger partial charge on any atom is -0.388 e. The Kier molecular flexibility index (Phi) is 4.94. The van der Waals surface area contributed by atoms with Crippen molar-refractivity contribution in [2.45, 2.75) is 18.9 Å². The fraction of sp³-hybridized carbons (Fsp3) is 0.412. The van der Waals surface area contributed by atoms with Gasteiger partial charge in [-0.1, -0.05) is 11.6 Å². The molecular weight excluding hydrogens is 326 g/mol. The van der Waals surface area contributed by atoms with E-state index in [1.165, 1.54) is 0 Å². The Bertz CT molecular complexity index is 722. The van der Waals surface area contributed by atoms with Crippen molar-refractivity contribution in [3.63, 3.8) is 0 Å². The summed E-state index contributed by atoms with van der Waals surface area (Å²) in [6.45, 7) is 1.75. The van der Waals surface area contributed by atoms with Crippen molar-refractivity contribution in [2.24, 2.45) is 7.05 Å². The molecule has 1 amide bonds. The first-order valence-corrected chi connectivity index (χ1v) is 8.46. The molecule has 0 atom stereocenters. The van der Waals surface area contributed by atoms with Crippen molar-refractivity contribution < 1.29 is 4.79 Å². The van der Waals surface area contributed by atoms with Gasteiger partial charge >= 0.3 is 0 Å². The molecule has 6 nitrogen and oxygen atoms in total. The van der Waals surface area contributed by atoms with E-state index in [2.05, 4.69) is 20.5 Å². The van der Waals surface area contributed by atoms with Gasteiger partial charge in [0.2, 0.25) is 5.95 Å². The summed E-state index contributed by atoms with van der Waals surface area (Å²) in [6.07, 6.45) is 5.53. The van der Waals surface area contributed by atoms with Crippen LogP contribution in [0.3, 0.4) is 0 Å². The van der Waals surface area contributed by atoms with Gasteiger partial charge in [0.15, 0.2) is 0 Å². The monoisotopic (exact) mass is 347 g/mol. The number of imidazole rings is 1. The van der Waals surface area contributed by atoms with Crippen LogP contribution in [-0.4, -0.2) is 41.6 Å². The van der Waals surface area contributed by atoms with Crippen LogP contribution < -0.4 is 15.5 Å². The summed E-state index contributed by atoms with van der Waals surface area (Å²) in [5.74, 6) is 0.858. The highest BCUT2D eigenvalue weighted by molar-refractivity contribution is 6.34. The minimum absolute atomic E-state index is 0.118. The zero-order chi connectivity index (χ0) is 17.1. The standard InChI is InChI=1S/C17H22ClN5O/c1-19-13-3-4-15(18)14(11-13)16(24)21-12-5-8-23(9-6-12)17-20-7-10-22(17)2/h3-4,7,10-12,19H,5-6,8-9H2,1-2H3,(H,21,24). The second-order valence-electron chi connectivity index (χ2n) is 6.02. The van der Waals surface area contributed by atoms with Gasteiger partial charge in [0.05, 0.1) is 10.6 Å². The summed E-state index contributed by atoms with van der Waals surface area (Å²) in [5.41, 5.74) is 1.38. The highest BCUT2D eigenvalue weighted by Crippen LogP contribution is 2.22. The first-order valence-electron chi connectivity index (χ1n) is 8.09. The third kappa shape index (κ3) is 3.48. The van der Waals surface area contributed by atoms with E-state index >= 15 is 0 Å². The summed E-state index contributed by atoms with van der Waals surface area (Å²) in [5, 5.41) is 6.60. The Labute approximate surface area is 146 Å². The summed E-state index contributed by atoms with van der Waals surface area (Å²) in [7, 11) is 3.81. The van der Waals surface area contributed by atoms with Crippen LogP contribution in [0.4, 0.5) is 11.6 Å². The Morgan fingerprint density at radius 1 is 1.33 bits per heavy atom. The maximum atomic E-state index is 12.5. The van der Waals surface area contributed by atoms with Gasteiger partial charge in [0.1, 0.15) is 0 Å². The molecule has 2 heterocycles. The van der Waals surface area contributed by atoms with Gasteiger partial charge < -0.3 is 20.1 Å². The Hall–Kier alpha value is -2.21. The van der Waals surface area contributed by atoms with Crippen LogP contribution in [0.25, 0.3) is 0 Å². The summed E-state index contributed by atoms with van der Waals surface area (Å²) >= 11 is 6.17. The van der Waals surface area contributed by atoms with Crippen molar-refractivity contribution in [2.75, 3.05) is 30.4 Å². The highest BCUT2D eigenvalue weighted by Gasteiger charge is 2.23. The lowest BCUT2D eigenvalue weighted by molar-refractivity contribution is 0.0931. The van der Waals surface area contributed by atoms with Crippen LogP contribution in [0, 0.1) is 0 Å². The number of aryl methyl sites for hydroxylation is 1. The van der Waals surface area contributed by atoms with Crippen molar-refractivity contribution in [3.05, 3.63) is 41.2 Å². The summed E-state index contributed by atoms with van der Waals surface area (Å²) in [4.78, 5) is 19.1. The third-order valence-electron chi connectivity index (χ3n) is 4.41. The molecule has 0 radical (unpaired) electrons. The Morgan fingerprint density at radius 3 is 2.71 bits per heavy atom. The number of carbonyl (C=O) groups is 1. The fourth-order valence-corrected chi connectivity index (χ4v) is 3.21. The number of anilines is 2. The number of piperidine rings is 1. The van der Waals surface area contributed by atoms with E-state index in [9.17, 15) is 4.79 Å². The number of carbonyl (C=O) groups excluding carboxylic acids is 1. The fourth-order valence-electron chi connectivity index (χ4n) is 3.00. The van der Waals surface area contributed by atoms with Gasteiger partial charge in [-0.05, 0) is 31.0 Å². The molecule has 1 saturated heterocycles. The molecule has 0 aliphatic carbocycles. The molecule has 0 saturated carbocycles. The zero-order valence-electron chi connectivity index (χ0n) is 13.9. The van der Waals surface area contributed by atoms with Gasteiger partial charge in [-0.3, -0.25) is 4.79 Å². The van der Waals surface area contributed by atoms with E-state index in [0.29, 0.717) is 10.6 Å². The van der Waals surface area contributed by atoms with Gasteiger partial charge in [-0.25, -0.2) is 4.98 Å². The van der Waals surface area contributed by atoms with Crippen LogP contribution in [0.2, 0.25) is 5.02 Å². The van der Waals surface area contributed by atoms with Gasteiger partial charge in [0, 0.05) is 51.3 Å². The van der Waals surface area contributed by atoms with Crippen LogP contribution in [0.1, 0.15) is 23.2 Å². The predicted molar refractivity (Wildman–Crippen MR) is 96.9 cm³/mol. The number of halogens is 1. The molecule has 3 rings (SSSR count). The van der Waals surface area contributed by atoms with E-state index in [1.807, 2.05) is 30.9 Å². The van der Waals surface area contributed by atoms with Crippen LogP contribution in [0.5, 0.6) is 0 Å². The van der Waals surface area contributed by atoms with Crippen LogP contribution >= 0.6 is 11.6 Å². The van der Waals surface area contributed by atoms with Gasteiger partial charge in [-0.15, -0.1) is 0 Å². The molecule has 0 spiro atoms. The molecule has 1 aliphatic rings. The molecule has 1 aromatic heterocycles. The average molecular weight is 348 g/mol. The largest absolute Gasteiger partial charge is 0.388 e. The highest BCUT2D eigenvalue weighted by atomic mass is 35.5. The van der Waals surface area contributed by atoms with Crippen LogP contribution in [-0.2, 0) is 7.05 Å². The summed E-state index contributed by atoms with van der Waals surface area (Å²) in [6, 6.07) is 5.53. The molecule has 0 unspecified atom stereocenters. The number of aromatic nitrogens is 2. The van der Waals surface area contributed by atoms with Gasteiger partial charge in [0.25, 0.3) is 5.91 Å². The van der Waals surface area contributed by atoms with Gasteiger partial charge in [-0.2, -0.15) is 0 Å². The average Bonchev–Trinajstić information content (AvgIpc) is 3.02. The van der Waals surface area contributed by atoms with Crippen molar-refractivity contribution in [1.82, 2.24) is 14.9 Å². The molecule has 1 aromatic carbocycles. The smallest absolute Gasteiger partial charge is 0.253 e. The molecule has 24 heavy (non-hydrogen) atoms. The minimum atomic E-state index is -0.118. The number of hydrogen-bond donors (Lipinski definition) is 2. The third-order valence-corrected chi connectivity index (χ3v) is 4.74. The number of nitrogens with one attached hydrogen (secondary N) is 2. The van der Waals surface area contributed by atoms with E-state index in [4.69, 9.17) is 11.6 Å². The lowest BCUT2D eigenvalue weighted by Gasteiger charge is -2.33. The Morgan fingerprint density at radius 2 is 2.08 bits per heavy atom.